The van der Waals surface area contributed by atoms with Crippen LogP contribution in [0.1, 0.15) is 32.6 Å². The van der Waals surface area contributed by atoms with Crippen LogP contribution in [0.25, 0.3) is 0 Å². The Balaban J connectivity index is 2.83. The summed E-state index contributed by atoms with van der Waals surface area (Å²) in [6.45, 7) is 2.11. The van der Waals surface area contributed by atoms with Crippen molar-refractivity contribution in [2.75, 3.05) is 13.7 Å². The van der Waals surface area contributed by atoms with Crippen LogP contribution in [-0.4, -0.2) is 37.2 Å². The lowest BCUT2D eigenvalue weighted by molar-refractivity contribution is -0.167. The van der Waals surface area contributed by atoms with Gasteiger partial charge in [-0.15, -0.1) is 0 Å². The van der Waals surface area contributed by atoms with E-state index >= 15 is 0 Å². The number of Topliss-reactive ketones (excluding diaryl/α,β-unsaturated/α-hetero) is 2. The molecular weight excluding hydrogens is 252 g/mol. The molecule has 0 bridgehead atoms. The fraction of sp³-hybridized carbons (Fsp3) is 0.692. The average Bonchev–Trinajstić information content (AvgIpc) is 2.40. The van der Waals surface area contributed by atoms with E-state index in [2.05, 4.69) is 4.74 Å². The van der Waals surface area contributed by atoms with Crippen molar-refractivity contribution < 1.29 is 28.7 Å². The van der Waals surface area contributed by atoms with Crippen molar-refractivity contribution in [1.82, 2.24) is 0 Å². The Morgan fingerprint density at radius 1 is 1.11 bits per heavy atom. The van der Waals surface area contributed by atoms with Crippen LogP contribution >= 0.6 is 0 Å². The molecule has 0 aromatic heterocycles. The predicted octanol–water partition coefficient (Wildman–Crippen LogP) is 0.667. The molecule has 0 spiro atoms. The minimum atomic E-state index is -1.35. The number of rotatable bonds is 5. The van der Waals surface area contributed by atoms with E-state index in [1.54, 1.807) is 0 Å². The van der Waals surface area contributed by atoms with E-state index in [-0.39, 0.29) is 19.4 Å². The summed E-state index contributed by atoms with van der Waals surface area (Å²) in [5, 5.41) is 0. The van der Waals surface area contributed by atoms with Gasteiger partial charge in [0, 0.05) is 12.8 Å². The molecule has 0 aromatic rings. The molecule has 1 aliphatic rings. The third kappa shape index (κ3) is 3.62. The van der Waals surface area contributed by atoms with E-state index in [0.717, 1.165) is 13.5 Å². The van der Waals surface area contributed by atoms with E-state index in [1.165, 1.54) is 0 Å². The highest BCUT2D eigenvalue weighted by Gasteiger charge is 2.48. The van der Waals surface area contributed by atoms with Gasteiger partial charge in [-0.3, -0.25) is 19.2 Å². The van der Waals surface area contributed by atoms with Crippen LogP contribution in [0.2, 0.25) is 0 Å². The van der Waals surface area contributed by atoms with Gasteiger partial charge in [0.25, 0.3) is 0 Å². The number of hydrogen-bond acceptors (Lipinski definition) is 6. The van der Waals surface area contributed by atoms with E-state index in [0.29, 0.717) is 6.42 Å². The monoisotopic (exact) mass is 270 g/mol. The maximum Gasteiger partial charge on any atom is 0.317 e. The first-order valence-electron chi connectivity index (χ1n) is 6.32. The van der Waals surface area contributed by atoms with Gasteiger partial charge < -0.3 is 9.47 Å². The summed E-state index contributed by atoms with van der Waals surface area (Å²) < 4.78 is 9.44. The van der Waals surface area contributed by atoms with Crippen molar-refractivity contribution in [3.05, 3.63) is 0 Å². The predicted molar refractivity (Wildman–Crippen MR) is 64.1 cm³/mol. The highest BCUT2D eigenvalue weighted by molar-refractivity contribution is 6.14. The summed E-state index contributed by atoms with van der Waals surface area (Å²) in [7, 11) is 1.12. The second-order valence-electron chi connectivity index (χ2n) is 4.43. The smallest absolute Gasteiger partial charge is 0.317 e. The maximum atomic E-state index is 11.9. The summed E-state index contributed by atoms with van der Waals surface area (Å²) >= 11 is 0. The van der Waals surface area contributed by atoms with Crippen LogP contribution in [0.15, 0.2) is 0 Å². The molecular formula is C13H18O6. The van der Waals surface area contributed by atoms with Gasteiger partial charge in [-0.05, 0) is 6.42 Å². The van der Waals surface area contributed by atoms with E-state index in [9.17, 15) is 19.2 Å². The van der Waals surface area contributed by atoms with Crippen LogP contribution in [0.4, 0.5) is 0 Å². The second kappa shape index (κ2) is 7.01. The number of unbranched alkanes of at least 4 members (excludes halogenated alkanes) is 1. The molecule has 2 unspecified atom stereocenters. The number of carbonyl (C=O) groups excluding carboxylic acids is 4. The molecule has 6 heteroatoms. The normalized spacial score (nSPS) is 23.1. The highest BCUT2D eigenvalue weighted by atomic mass is 16.5. The largest absolute Gasteiger partial charge is 0.468 e. The zero-order valence-corrected chi connectivity index (χ0v) is 11.1. The molecule has 0 radical (unpaired) electrons. The first kappa shape index (κ1) is 15.3. The summed E-state index contributed by atoms with van der Waals surface area (Å²) in [4.78, 5) is 46.9. The lowest BCUT2D eigenvalue weighted by Gasteiger charge is -2.25. The quantitative estimate of drug-likeness (QED) is 0.414. The summed E-state index contributed by atoms with van der Waals surface area (Å²) in [6, 6.07) is 0. The first-order valence-corrected chi connectivity index (χ1v) is 6.32. The van der Waals surface area contributed by atoms with E-state index < -0.39 is 35.3 Å². The minimum Gasteiger partial charge on any atom is -0.468 e. The molecule has 1 rings (SSSR count). The number of ketones is 2. The number of ether oxygens (including phenoxy) is 2. The van der Waals surface area contributed by atoms with Crippen LogP contribution < -0.4 is 0 Å². The molecule has 0 amide bonds. The molecule has 0 N–H and O–H groups in total. The van der Waals surface area contributed by atoms with Crippen LogP contribution in [-0.2, 0) is 28.7 Å². The SMILES string of the molecule is CCCCOC(=O)C1C(=O)CCC(=O)C1C(=O)OC. The zero-order valence-electron chi connectivity index (χ0n) is 11.1. The Morgan fingerprint density at radius 2 is 1.63 bits per heavy atom. The molecule has 1 saturated carbocycles. The van der Waals surface area contributed by atoms with Crippen molar-refractivity contribution in [3.63, 3.8) is 0 Å². The Hall–Kier alpha value is -1.72. The third-order valence-electron chi connectivity index (χ3n) is 3.10. The van der Waals surface area contributed by atoms with Crippen molar-refractivity contribution in [1.29, 1.82) is 0 Å². The van der Waals surface area contributed by atoms with Gasteiger partial charge in [0.15, 0.2) is 0 Å². The molecule has 0 aliphatic heterocycles. The topological polar surface area (TPSA) is 86.7 Å². The Bertz CT molecular complexity index is 379. The van der Waals surface area contributed by atoms with Gasteiger partial charge in [0.2, 0.25) is 0 Å². The van der Waals surface area contributed by atoms with Crippen molar-refractivity contribution in [2.24, 2.45) is 11.8 Å². The Labute approximate surface area is 111 Å². The first-order chi connectivity index (χ1) is 9.02. The fourth-order valence-electron chi connectivity index (χ4n) is 2.00. The number of hydrogen-bond donors (Lipinski definition) is 0. The molecule has 19 heavy (non-hydrogen) atoms. The minimum absolute atomic E-state index is 0.0279. The van der Waals surface area contributed by atoms with E-state index in [4.69, 9.17) is 4.74 Å². The molecule has 1 fully saturated rings. The van der Waals surface area contributed by atoms with Gasteiger partial charge >= 0.3 is 11.9 Å². The molecule has 0 aromatic carbocycles. The number of esters is 2. The van der Waals surface area contributed by atoms with Gasteiger partial charge in [-0.25, -0.2) is 0 Å². The van der Waals surface area contributed by atoms with Crippen LogP contribution in [0.5, 0.6) is 0 Å². The van der Waals surface area contributed by atoms with Crippen LogP contribution in [0.3, 0.4) is 0 Å². The maximum absolute atomic E-state index is 11.9. The Kier molecular flexibility index (Phi) is 5.66. The van der Waals surface area contributed by atoms with Gasteiger partial charge in [-0.2, -0.15) is 0 Å². The number of carbonyl (C=O) groups is 4. The highest BCUT2D eigenvalue weighted by Crippen LogP contribution is 2.27. The molecule has 2 atom stereocenters. The average molecular weight is 270 g/mol. The molecule has 0 saturated heterocycles. The molecule has 1 aliphatic carbocycles. The summed E-state index contributed by atoms with van der Waals surface area (Å²) in [5.41, 5.74) is 0. The van der Waals surface area contributed by atoms with Crippen molar-refractivity contribution in [2.45, 2.75) is 32.6 Å². The fourth-order valence-corrected chi connectivity index (χ4v) is 2.00. The molecule has 6 nitrogen and oxygen atoms in total. The Morgan fingerprint density at radius 3 is 2.11 bits per heavy atom. The molecule has 106 valence electrons. The second-order valence-corrected chi connectivity index (χ2v) is 4.43. The standard InChI is InChI=1S/C13H18O6/c1-3-4-7-19-13(17)11-9(15)6-5-8(14)10(11)12(16)18-2/h10-11H,3-7H2,1-2H3. The van der Waals surface area contributed by atoms with Gasteiger partial charge in [-0.1, -0.05) is 13.3 Å². The summed E-state index contributed by atoms with van der Waals surface area (Å²) in [5.74, 6) is -5.22. The van der Waals surface area contributed by atoms with Gasteiger partial charge in [0.05, 0.1) is 13.7 Å². The van der Waals surface area contributed by atoms with Crippen molar-refractivity contribution in [3.8, 4) is 0 Å². The lowest BCUT2D eigenvalue weighted by atomic mass is 9.77. The number of methoxy groups -OCH3 is 1. The summed E-state index contributed by atoms with van der Waals surface area (Å²) in [6.07, 6.45) is 1.45. The van der Waals surface area contributed by atoms with Crippen LogP contribution in [0, 0.1) is 11.8 Å². The van der Waals surface area contributed by atoms with Crippen molar-refractivity contribution >= 4 is 23.5 Å². The van der Waals surface area contributed by atoms with Gasteiger partial charge in [0.1, 0.15) is 23.4 Å². The van der Waals surface area contributed by atoms with E-state index in [1.807, 2.05) is 6.92 Å². The zero-order chi connectivity index (χ0) is 14.4. The third-order valence-corrected chi connectivity index (χ3v) is 3.10. The lowest BCUT2D eigenvalue weighted by Crippen LogP contribution is -2.45. The molecule has 0 heterocycles.